The molecule has 0 saturated heterocycles. The third kappa shape index (κ3) is 6.36. The second-order valence-electron chi connectivity index (χ2n) is 5.95. The summed E-state index contributed by atoms with van der Waals surface area (Å²) in [7, 11) is 0. The molecule has 152 valence electrons. The van der Waals surface area contributed by atoms with Crippen LogP contribution in [0.2, 0.25) is 0 Å². The van der Waals surface area contributed by atoms with Crippen LogP contribution in [0, 0.1) is 0 Å². The lowest BCUT2D eigenvalue weighted by molar-refractivity contribution is -0.274. The summed E-state index contributed by atoms with van der Waals surface area (Å²) in [5, 5.41) is 12.5. The predicted octanol–water partition coefficient (Wildman–Crippen LogP) is 4.75. The van der Waals surface area contributed by atoms with Gasteiger partial charge in [-0.15, -0.1) is 13.2 Å². The van der Waals surface area contributed by atoms with Crippen LogP contribution in [-0.4, -0.2) is 17.4 Å². The summed E-state index contributed by atoms with van der Waals surface area (Å²) in [6, 6.07) is 9.01. The Kier molecular flexibility index (Phi) is 7.39. The van der Waals surface area contributed by atoms with Gasteiger partial charge in [0.25, 0.3) is 0 Å². The smallest absolute Gasteiger partial charge is 0.406 e. The summed E-state index contributed by atoms with van der Waals surface area (Å²) in [4.78, 5) is 11.5. The molecule has 4 nitrogen and oxygen atoms in total. The number of aliphatic hydroxyl groups excluding tert-OH is 1. The summed E-state index contributed by atoms with van der Waals surface area (Å²) < 4.78 is 40.9. The number of aliphatic hydroxyl groups is 1. The molecule has 2 aromatic carbocycles. The fraction of sp³-hybridized carbons (Fsp3) is 0.136. The first-order valence-electron chi connectivity index (χ1n) is 8.59. The Morgan fingerprint density at radius 2 is 1.83 bits per heavy atom. The molecule has 0 aliphatic heterocycles. The van der Waals surface area contributed by atoms with E-state index in [4.69, 9.17) is 0 Å². The summed E-state index contributed by atoms with van der Waals surface area (Å²) in [5.74, 6) is -0.686. The van der Waals surface area contributed by atoms with E-state index in [0.29, 0.717) is 27.8 Å². The fourth-order valence-corrected chi connectivity index (χ4v) is 2.70. The highest BCUT2D eigenvalue weighted by Crippen LogP contribution is 2.30. The lowest BCUT2D eigenvalue weighted by atomic mass is 9.94. The highest BCUT2D eigenvalue weighted by Gasteiger charge is 2.31. The van der Waals surface area contributed by atoms with Gasteiger partial charge in [0.1, 0.15) is 5.75 Å². The standard InChI is InChI=1S/C22H20F3NO3/c1-3-5-6-16-11-17(12-18(20(16)14-27)13-26-21(28)4-2)15-7-9-19(10-8-15)29-22(23,24)25/h3-12,27H,1-2,13-14H2,(H,26,28)/b6-5-. The van der Waals surface area contributed by atoms with Gasteiger partial charge in [0, 0.05) is 6.54 Å². The van der Waals surface area contributed by atoms with Crippen LogP contribution in [0.25, 0.3) is 17.2 Å². The number of ether oxygens (including phenoxy) is 1. The summed E-state index contributed by atoms with van der Waals surface area (Å²) in [6.07, 6.45) is 1.41. The van der Waals surface area contributed by atoms with E-state index < -0.39 is 6.36 Å². The molecule has 0 unspecified atom stereocenters. The van der Waals surface area contributed by atoms with Crippen LogP contribution < -0.4 is 10.1 Å². The van der Waals surface area contributed by atoms with Gasteiger partial charge in [0.15, 0.2) is 0 Å². The minimum atomic E-state index is -4.76. The number of nitrogens with one attached hydrogen (secondary N) is 1. The number of amides is 1. The molecule has 0 atom stereocenters. The molecule has 0 fully saturated rings. The minimum absolute atomic E-state index is 0.152. The van der Waals surface area contributed by atoms with Gasteiger partial charge in [0.2, 0.25) is 5.91 Å². The van der Waals surface area contributed by atoms with Crippen molar-refractivity contribution in [2.75, 3.05) is 0 Å². The SMILES string of the molecule is C=C/C=C\c1cc(-c2ccc(OC(F)(F)F)cc2)cc(CNC(=O)C=C)c1CO. The van der Waals surface area contributed by atoms with Crippen molar-refractivity contribution in [3.8, 4) is 16.9 Å². The predicted molar refractivity (Wildman–Crippen MR) is 106 cm³/mol. The van der Waals surface area contributed by atoms with Crippen LogP contribution in [0.3, 0.4) is 0 Å². The van der Waals surface area contributed by atoms with Crippen molar-refractivity contribution in [2.45, 2.75) is 19.5 Å². The number of carbonyl (C=O) groups is 1. The monoisotopic (exact) mass is 403 g/mol. The van der Waals surface area contributed by atoms with Crippen LogP contribution in [0.1, 0.15) is 16.7 Å². The second kappa shape index (κ2) is 9.75. The molecule has 29 heavy (non-hydrogen) atoms. The minimum Gasteiger partial charge on any atom is -0.406 e. The van der Waals surface area contributed by atoms with Crippen LogP contribution >= 0.6 is 0 Å². The van der Waals surface area contributed by atoms with Crippen molar-refractivity contribution in [2.24, 2.45) is 0 Å². The molecular formula is C22H20F3NO3. The molecule has 0 spiro atoms. The zero-order valence-corrected chi connectivity index (χ0v) is 15.5. The molecule has 7 heteroatoms. The lowest BCUT2D eigenvalue weighted by Gasteiger charge is -2.15. The number of rotatable bonds is 8. The van der Waals surface area contributed by atoms with Crippen LogP contribution in [-0.2, 0) is 17.9 Å². The van der Waals surface area contributed by atoms with E-state index in [1.807, 2.05) is 0 Å². The molecule has 2 N–H and O–H groups in total. The van der Waals surface area contributed by atoms with E-state index in [0.717, 1.165) is 6.08 Å². The van der Waals surface area contributed by atoms with Crippen molar-refractivity contribution in [1.82, 2.24) is 5.32 Å². The largest absolute Gasteiger partial charge is 0.573 e. The van der Waals surface area contributed by atoms with Crippen LogP contribution in [0.5, 0.6) is 5.75 Å². The maximum Gasteiger partial charge on any atom is 0.573 e. The average molecular weight is 403 g/mol. The van der Waals surface area contributed by atoms with E-state index in [9.17, 15) is 23.1 Å². The van der Waals surface area contributed by atoms with Gasteiger partial charge >= 0.3 is 6.36 Å². The van der Waals surface area contributed by atoms with Crippen molar-refractivity contribution in [3.63, 3.8) is 0 Å². The molecule has 0 saturated carbocycles. The van der Waals surface area contributed by atoms with Crippen LogP contribution in [0.15, 0.2) is 67.8 Å². The average Bonchev–Trinajstić information content (AvgIpc) is 2.69. The Balaban J connectivity index is 2.47. The molecule has 0 radical (unpaired) electrons. The first-order chi connectivity index (χ1) is 13.8. The molecule has 0 heterocycles. The quantitative estimate of drug-likeness (QED) is 0.494. The Morgan fingerprint density at radius 3 is 2.38 bits per heavy atom. The first-order valence-corrected chi connectivity index (χ1v) is 8.59. The van der Waals surface area contributed by atoms with Crippen molar-refractivity contribution in [1.29, 1.82) is 0 Å². The van der Waals surface area contributed by atoms with Crippen molar-refractivity contribution >= 4 is 12.0 Å². The molecule has 2 rings (SSSR count). The molecule has 0 aromatic heterocycles. The molecule has 1 amide bonds. The highest BCUT2D eigenvalue weighted by atomic mass is 19.4. The number of benzene rings is 2. The van der Waals surface area contributed by atoms with E-state index in [2.05, 4.69) is 23.2 Å². The van der Waals surface area contributed by atoms with Crippen LogP contribution in [0.4, 0.5) is 13.2 Å². The van der Waals surface area contributed by atoms with Gasteiger partial charge in [-0.3, -0.25) is 4.79 Å². The number of allylic oxidation sites excluding steroid dienone is 2. The highest BCUT2D eigenvalue weighted by molar-refractivity contribution is 5.86. The third-order valence-electron chi connectivity index (χ3n) is 4.01. The second-order valence-corrected chi connectivity index (χ2v) is 5.95. The summed E-state index contributed by atoms with van der Waals surface area (Å²) in [6.45, 7) is 6.91. The maximum atomic E-state index is 12.3. The number of alkyl halides is 3. The Bertz CT molecular complexity index is 916. The summed E-state index contributed by atoms with van der Waals surface area (Å²) in [5.41, 5.74) is 3.33. The van der Waals surface area contributed by atoms with E-state index in [1.54, 1.807) is 30.4 Å². The Morgan fingerprint density at radius 1 is 1.14 bits per heavy atom. The number of carbonyl (C=O) groups excluding carboxylic acids is 1. The number of hydrogen-bond donors (Lipinski definition) is 2. The molecule has 0 aliphatic rings. The van der Waals surface area contributed by atoms with Gasteiger partial charge < -0.3 is 15.2 Å². The molecule has 2 aromatic rings. The maximum absolute atomic E-state index is 12.3. The zero-order chi connectivity index (χ0) is 21.4. The van der Waals surface area contributed by atoms with Gasteiger partial charge in [-0.1, -0.05) is 43.5 Å². The summed E-state index contributed by atoms with van der Waals surface area (Å²) >= 11 is 0. The molecule has 0 aliphatic carbocycles. The molecule has 0 bridgehead atoms. The van der Waals surface area contributed by atoms with Gasteiger partial charge in [-0.05, 0) is 58.2 Å². The van der Waals surface area contributed by atoms with Gasteiger partial charge in [-0.25, -0.2) is 0 Å². The van der Waals surface area contributed by atoms with Crippen molar-refractivity contribution in [3.05, 3.63) is 84.5 Å². The van der Waals surface area contributed by atoms with E-state index in [-0.39, 0.29) is 24.8 Å². The third-order valence-corrected chi connectivity index (χ3v) is 4.01. The van der Waals surface area contributed by atoms with Gasteiger partial charge in [-0.2, -0.15) is 0 Å². The first kappa shape index (κ1) is 22.0. The number of halogens is 3. The lowest BCUT2D eigenvalue weighted by Crippen LogP contribution is -2.21. The Hall–Kier alpha value is -3.32. The Labute approximate surface area is 166 Å². The molecular weight excluding hydrogens is 383 g/mol. The van der Waals surface area contributed by atoms with E-state index >= 15 is 0 Å². The van der Waals surface area contributed by atoms with Gasteiger partial charge in [0.05, 0.1) is 6.61 Å². The normalized spacial score (nSPS) is 11.3. The van der Waals surface area contributed by atoms with E-state index in [1.165, 1.54) is 24.3 Å². The van der Waals surface area contributed by atoms with Crippen molar-refractivity contribution < 1.29 is 27.8 Å². The number of hydrogen-bond acceptors (Lipinski definition) is 3. The topological polar surface area (TPSA) is 58.6 Å². The zero-order valence-electron chi connectivity index (χ0n) is 15.5. The fourth-order valence-electron chi connectivity index (χ4n) is 2.70.